The first kappa shape index (κ1) is 17.2. The first-order chi connectivity index (χ1) is 11.6. The maximum Gasteiger partial charge on any atom is 0.269 e. The second kappa shape index (κ2) is 7.98. The van der Waals surface area contributed by atoms with Crippen LogP contribution in [0.2, 0.25) is 10.0 Å². The van der Waals surface area contributed by atoms with Crippen LogP contribution in [0.5, 0.6) is 0 Å². The highest BCUT2D eigenvalue weighted by Gasteiger charge is 2.14. The first-order valence-corrected chi connectivity index (χ1v) is 8.48. The van der Waals surface area contributed by atoms with Gasteiger partial charge in [0, 0.05) is 36.8 Å². The third-order valence-electron chi connectivity index (χ3n) is 3.85. The molecule has 1 saturated heterocycles. The van der Waals surface area contributed by atoms with Gasteiger partial charge in [-0.05, 0) is 24.3 Å². The van der Waals surface area contributed by atoms with Gasteiger partial charge in [0.2, 0.25) is 0 Å². The summed E-state index contributed by atoms with van der Waals surface area (Å²) < 4.78 is 5.30. The minimum Gasteiger partial charge on any atom is -0.379 e. The molecule has 8 heteroatoms. The second-order valence-electron chi connectivity index (χ2n) is 5.50. The van der Waals surface area contributed by atoms with Crippen molar-refractivity contribution in [3.05, 3.63) is 40.0 Å². The standard InChI is InChI=1S/C16H18Cl2N4O2/c17-11-1-2-12(13(18)9-11)14-10-15(21-20-14)16(23)19-3-4-22-5-7-24-8-6-22/h1-2,9-10H,3-8H2,(H,19,23)(H,20,21). The minimum absolute atomic E-state index is 0.188. The van der Waals surface area contributed by atoms with Crippen LogP contribution < -0.4 is 5.32 Å². The quantitative estimate of drug-likeness (QED) is 0.850. The number of hydrogen-bond donors (Lipinski definition) is 2. The number of aromatic nitrogens is 2. The molecule has 0 aliphatic carbocycles. The van der Waals surface area contributed by atoms with Crippen LogP contribution in [0.3, 0.4) is 0 Å². The number of carbonyl (C=O) groups is 1. The molecule has 2 heterocycles. The SMILES string of the molecule is O=C(NCCN1CCOCC1)c1cc(-c2ccc(Cl)cc2Cl)n[nH]1. The van der Waals surface area contributed by atoms with Crippen LogP contribution in [0.15, 0.2) is 24.3 Å². The van der Waals surface area contributed by atoms with Gasteiger partial charge >= 0.3 is 0 Å². The Morgan fingerprint density at radius 1 is 1.29 bits per heavy atom. The number of H-pyrrole nitrogens is 1. The molecule has 0 spiro atoms. The summed E-state index contributed by atoms with van der Waals surface area (Å²) in [6.07, 6.45) is 0. The zero-order valence-corrected chi connectivity index (χ0v) is 14.5. The van der Waals surface area contributed by atoms with Gasteiger partial charge in [-0.15, -0.1) is 0 Å². The molecule has 1 aliphatic heterocycles. The van der Waals surface area contributed by atoms with E-state index in [1.165, 1.54) is 0 Å². The number of morpholine rings is 1. The van der Waals surface area contributed by atoms with Gasteiger partial charge in [-0.25, -0.2) is 0 Å². The third kappa shape index (κ3) is 4.27. The highest BCUT2D eigenvalue weighted by Crippen LogP contribution is 2.29. The van der Waals surface area contributed by atoms with Crippen LogP contribution in [0.1, 0.15) is 10.5 Å². The molecule has 3 rings (SSSR count). The van der Waals surface area contributed by atoms with Crippen molar-refractivity contribution in [3.63, 3.8) is 0 Å². The zero-order chi connectivity index (χ0) is 16.9. The predicted molar refractivity (Wildman–Crippen MR) is 93.6 cm³/mol. The van der Waals surface area contributed by atoms with Crippen LogP contribution >= 0.6 is 23.2 Å². The molecule has 24 heavy (non-hydrogen) atoms. The van der Waals surface area contributed by atoms with Gasteiger partial charge < -0.3 is 10.1 Å². The number of hydrogen-bond acceptors (Lipinski definition) is 4. The fourth-order valence-corrected chi connectivity index (χ4v) is 3.03. The second-order valence-corrected chi connectivity index (χ2v) is 6.34. The van der Waals surface area contributed by atoms with E-state index in [9.17, 15) is 4.79 Å². The number of rotatable bonds is 5. The van der Waals surface area contributed by atoms with E-state index in [4.69, 9.17) is 27.9 Å². The smallest absolute Gasteiger partial charge is 0.269 e. The molecule has 0 atom stereocenters. The first-order valence-electron chi connectivity index (χ1n) is 7.72. The van der Waals surface area contributed by atoms with E-state index in [0.717, 1.165) is 38.4 Å². The molecular formula is C16H18Cl2N4O2. The molecule has 0 saturated carbocycles. The summed E-state index contributed by atoms with van der Waals surface area (Å²) in [5.74, 6) is -0.188. The van der Waals surface area contributed by atoms with Crippen molar-refractivity contribution in [2.45, 2.75) is 0 Å². The molecule has 0 unspecified atom stereocenters. The number of ether oxygens (including phenoxy) is 1. The van der Waals surface area contributed by atoms with E-state index in [2.05, 4.69) is 20.4 Å². The van der Waals surface area contributed by atoms with E-state index in [1.54, 1.807) is 24.3 Å². The average molecular weight is 369 g/mol. The Labute approximate surface area is 150 Å². The maximum atomic E-state index is 12.2. The number of halogens is 2. The fourth-order valence-electron chi connectivity index (χ4n) is 2.52. The Bertz CT molecular complexity index is 714. The molecule has 0 radical (unpaired) electrons. The Balaban J connectivity index is 1.57. The molecule has 2 aromatic rings. The van der Waals surface area contributed by atoms with Gasteiger partial charge in [-0.1, -0.05) is 23.2 Å². The van der Waals surface area contributed by atoms with Gasteiger partial charge in [0.15, 0.2) is 0 Å². The van der Waals surface area contributed by atoms with Gasteiger partial charge in [-0.3, -0.25) is 14.8 Å². The maximum absolute atomic E-state index is 12.2. The van der Waals surface area contributed by atoms with E-state index in [-0.39, 0.29) is 5.91 Å². The van der Waals surface area contributed by atoms with Crippen LogP contribution in [0.4, 0.5) is 0 Å². The monoisotopic (exact) mass is 368 g/mol. The summed E-state index contributed by atoms with van der Waals surface area (Å²) >= 11 is 12.1. The van der Waals surface area contributed by atoms with Crippen LogP contribution in [0, 0.1) is 0 Å². The lowest BCUT2D eigenvalue weighted by Gasteiger charge is -2.26. The van der Waals surface area contributed by atoms with Crippen molar-refractivity contribution >= 4 is 29.1 Å². The molecule has 128 valence electrons. The molecule has 2 N–H and O–H groups in total. The number of nitrogens with one attached hydrogen (secondary N) is 2. The third-order valence-corrected chi connectivity index (χ3v) is 4.39. The summed E-state index contributed by atoms with van der Waals surface area (Å²) in [7, 11) is 0. The van der Waals surface area contributed by atoms with Crippen molar-refractivity contribution in [1.82, 2.24) is 20.4 Å². The number of nitrogens with zero attached hydrogens (tertiary/aromatic N) is 2. The van der Waals surface area contributed by atoms with E-state index in [0.29, 0.717) is 28.0 Å². The van der Waals surface area contributed by atoms with Crippen LogP contribution in [-0.4, -0.2) is 60.4 Å². The minimum atomic E-state index is -0.188. The van der Waals surface area contributed by atoms with Crippen molar-refractivity contribution in [2.24, 2.45) is 0 Å². The van der Waals surface area contributed by atoms with Crippen LogP contribution in [-0.2, 0) is 4.74 Å². The molecule has 1 aliphatic rings. The summed E-state index contributed by atoms with van der Waals surface area (Å²) in [6.45, 7) is 4.69. The summed E-state index contributed by atoms with van der Waals surface area (Å²) in [5.41, 5.74) is 1.73. The summed E-state index contributed by atoms with van der Waals surface area (Å²) in [4.78, 5) is 14.4. The molecule has 1 amide bonds. The Kier molecular flexibility index (Phi) is 5.73. The fraction of sp³-hybridized carbons (Fsp3) is 0.375. The largest absolute Gasteiger partial charge is 0.379 e. The predicted octanol–water partition coefficient (Wildman–Crippen LogP) is 2.45. The van der Waals surface area contributed by atoms with Crippen LogP contribution in [0.25, 0.3) is 11.3 Å². The summed E-state index contributed by atoms with van der Waals surface area (Å²) in [6, 6.07) is 6.84. The normalized spacial score (nSPS) is 15.4. The van der Waals surface area contributed by atoms with E-state index >= 15 is 0 Å². The highest BCUT2D eigenvalue weighted by atomic mass is 35.5. The van der Waals surface area contributed by atoms with Crippen molar-refractivity contribution < 1.29 is 9.53 Å². The lowest BCUT2D eigenvalue weighted by Crippen LogP contribution is -2.41. The Hall–Kier alpha value is -1.60. The highest BCUT2D eigenvalue weighted by molar-refractivity contribution is 6.36. The number of benzene rings is 1. The van der Waals surface area contributed by atoms with Gasteiger partial charge in [0.25, 0.3) is 5.91 Å². The van der Waals surface area contributed by atoms with Crippen molar-refractivity contribution in [2.75, 3.05) is 39.4 Å². The molecule has 1 aromatic heterocycles. The Morgan fingerprint density at radius 2 is 2.08 bits per heavy atom. The Morgan fingerprint density at radius 3 is 2.83 bits per heavy atom. The van der Waals surface area contributed by atoms with Crippen molar-refractivity contribution in [1.29, 1.82) is 0 Å². The summed E-state index contributed by atoms with van der Waals surface area (Å²) in [5, 5.41) is 10.8. The molecule has 1 fully saturated rings. The molecule has 0 bridgehead atoms. The number of carbonyl (C=O) groups excluding carboxylic acids is 1. The van der Waals surface area contributed by atoms with Gasteiger partial charge in [-0.2, -0.15) is 5.10 Å². The number of aromatic amines is 1. The number of amides is 1. The average Bonchev–Trinajstić information content (AvgIpc) is 3.05. The lowest BCUT2D eigenvalue weighted by atomic mass is 10.1. The zero-order valence-electron chi connectivity index (χ0n) is 13.0. The van der Waals surface area contributed by atoms with Crippen molar-refractivity contribution in [3.8, 4) is 11.3 Å². The molecule has 1 aromatic carbocycles. The van der Waals surface area contributed by atoms with E-state index < -0.39 is 0 Å². The topological polar surface area (TPSA) is 70.2 Å². The molecular weight excluding hydrogens is 351 g/mol. The van der Waals surface area contributed by atoms with Gasteiger partial charge in [0.1, 0.15) is 5.69 Å². The van der Waals surface area contributed by atoms with E-state index in [1.807, 2.05) is 0 Å². The molecule has 6 nitrogen and oxygen atoms in total. The lowest BCUT2D eigenvalue weighted by molar-refractivity contribution is 0.0383. The van der Waals surface area contributed by atoms with Gasteiger partial charge in [0.05, 0.1) is 23.9 Å².